The van der Waals surface area contributed by atoms with Gasteiger partial charge in [0.15, 0.2) is 5.58 Å². The Morgan fingerprint density at radius 1 is 1.15 bits per heavy atom. The monoisotopic (exact) mass is 269 g/mol. The highest BCUT2D eigenvalue weighted by atomic mass is 16.5. The van der Waals surface area contributed by atoms with Crippen molar-refractivity contribution in [2.24, 2.45) is 0 Å². The first kappa shape index (κ1) is 12.5. The summed E-state index contributed by atoms with van der Waals surface area (Å²) in [5.74, 6) is 1.57. The number of fused-ring (bicyclic) bond motifs is 1. The number of nitrogens with one attached hydrogen (secondary N) is 1. The fraction of sp³-hybridized carbons (Fsp3) is 0.200. The van der Waals surface area contributed by atoms with Gasteiger partial charge in [-0.05, 0) is 38.1 Å². The third kappa shape index (κ3) is 2.18. The van der Waals surface area contributed by atoms with Crippen LogP contribution in [0.25, 0.3) is 11.0 Å². The molecule has 2 aromatic heterocycles. The number of benzene rings is 1. The molecule has 1 aromatic carbocycles. The zero-order chi connectivity index (χ0) is 14.1. The summed E-state index contributed by atoms with van der Waals surface area (Å²) in [6, 6.07) is 9.56. The quantitative estimate of drug-likeness (QED) is 0.787. The van der Waals surface area contributed by atoms with Crippen molar-refractivity contribution in [3.05, 3.63) is 41.7 Å². The van der Waals surface area contributed by atoms with E-state index in [2.05, 4.69) is 15.5 Å². The van der Waals surface area contributed by atoms with Crippen LogP contribution in [0.4, 0.5) is 11.5 Å². The summed E-state index contributed by atoms with van der Waals surface area (Å²) >= 11 is 0. The number of aryl methyl sites for hydroxylation is 2. The Labute approximate surface area is 116 Å². The molecule has 0 saturated heterocycles. The van der Waals surface area contributed by atoms with Gasteiger partial charge in [-0.25, -0.2) is 4.98 Å². The topological polar surface area (TPSA) is 60.2 Å². The molecule has 0 radical (unpaired) electrons. The minimum absolute atomic E-state index is 0.742. The van der Waals surface area contributed by atoms with Crippen LogP contribution in [0.2, 0.25) is 0 Å². The normalized spacial score (nSPS) is 10.8. The van der Waals surface area contributed by atoms with Gasteiger partial charge in [-0.1, -0.05) is 5.16 Å². The molecule has 0 aliphatic rings. The van der Waals surface area contributed by atoms with Crippen molar-refractivity contribution in [3.63, 3.8) is 0 Å². The number of rotatable bonds is 3. The van der Waals surface area contributed by atoms with E-state index in [-0.39, 0.29) is 0 Å². The lowest BCUT2D eigenvalue weighted by Gasteiger charge is -2.08. The van der Waals surface area contributed by atoms with Crippen LogP contribution in [0, 0.1) is 13.8 Å². The second-order valence-corrected chi connectivity index (χ2v) is 4.61. The van der Waals surface area contributed by atoms with Crippen LogP contribution < -0.4 is 10.1 Å². The minimum atomic E-state index is 0.742. The maximum Gasteiger partial charge on any atom is 0.172 e. The maximum absolute atomic E-state index is 5.29. The third-order valence-corrected chi connectivity index (χ3v) is 3.11. The van der Waals surface area contributed by atoms with E-state index in [0.717, 1.165) is 39.6 Å². The number of anilines is 2. The molecule has 3 aromatic rings. The standard InChI is InChI=1S/C15H15N3O2/c1-9-8-13-14(10(2)18-20-13)15(16-9)17-11-4-6-12(19-3)7-5-11/h4-8H,1-3H3,(H,16,17). The van der Waals surface area contributed by atoms with Crippen LogP contribution in [0.1, 0.15) is 11.4 Å². The molecule has 3 rings (SSSR count). The van der Waals surface area contributed by atoms with E-state index < -0.39 is 0 Å². The van der Waals surface area contributed by atoms with Crippen LogP contribution in [0.5, 0.6) is 5.75 Å². The summed E-state index contributed by atoms with van der Waals surface area (Å²) in [6.45, 7) is 3.83. The van der Waals surface area contributed by atoms with Crippen LogP contribution in [0.15, 0.2) is 34.9 Å². The Balaban J connectivity index is 2.02. The predicted octanol–water partition coefficient (Wildman–Crippen LogP) is 3.59. The van der Waals surface area contributed by atoms with Crippen molar-refractivity contribution >= 4 is 22.5 Å². The fourth-order valence-electron chi connectivity index (χ4n) is 2.13. The smallest absolute Gasteiger partial charge is 0.172 e. The van der Waals surface area contributed by atoms with Crippen molar-refractivity contribution in [2.45, 2.75) is 13.8 Å². The molecule has 0 fully saturated rings. The average molecular weight is 269 g/mol. The van der Waals surface area contributed by atoms with Crippen molar-refractivity contribution in [3.8, 4) is 5.75 Å². The number of hydrogen-bond donors (Lipinski definition) is 1. The highest BCUT2D eigenvalue weighted by molar-refractivity contribution is 5.92. The van der Waals surface area contributed by atoms with Gasteiger partial charge in [-0.3, -0.25) is 0 Å². The maximum atomic E-state index is 5.29. The molecule has 0 atom stereocenters. The van der Waals surface area contributed by atoms with Gasteiger partial charge in [0.05, 0.1) is 18.2 Å². The van der Waals surface area contributed by atoms with Gasteiger partial charge >= 0.3 is 0 Å². The summed E-state index contributed by atoms with van der Waals surface area (Å²) < 4.78 is 10.4. The lowest BCUT2D eigenvalue weighted by Crippen LogP contribution is -1.96. The molecular formula is C15H15N3O2. The van der Waals surface area contributed by atoms with Gasteiger partial charge in [0.1, 0.15) is 11.6 Å². The number of ether oxygens (including phenoxy) is 1. The second kappa shape index (κ2) is 4.85. The largest absolute Gasteiger partial charge is 0.497 e. The summed E-state index contributed by atoms with van der Waals surface area (Å²) in [5.41, 5.74) is 3.38. The van der Waals surface area contributed by atoms with E-state index in [4.69, 9.17) is 9.26 Å². The minimum Gasteiger partial charge on any atom is -0.497 e. The van der Waals surface area contributed by atoms with Crippen LogP contribution in [-0.2, 0) is 0 Å². The van der Waals surface area contributed by atoms with E-state index in [1.165, 1.54) is 0 Å². The first-order valence-electron chi connectivity index (χ1n) is 6.32. The highest BCUT2D eigenvalue weighted by Gasteiger charge is 2.12. The first-order chi connectivity index (χ1) is 9.67. The van der Waals surface area contributed by atoms with Gasteiger partial charge in [0, 0.05) is 17.4 Å². The van der Waals surface area contributed by atoms with E-state index in [9.17, 15) is 0 Å². The van der Waals surface area contributed by atoms with E-state index in [0.29, 0.717) is 0 Å². The lowest BCUT2D eigenvalue weighted by atomic mass is 10.2. The summed E-state index contributed by atoms with van der Waals surface area (Å²) in [6.07, 6.45) is 0. The summed E-state index contributed by atoms with van der Waals surface area (Å²) in [4.78, 5) is 4.53. The number of methoxy groups -OCH3 is 1. The second-order valence-electron chi connectivity index (χ2n) is 4.61. The number of pyridine rings is 1. The molecule has 0 spiro atoms. The lowest BCUT2D eigenvalue weighted by molar-refractivity contribution is 0.415. The molecule has 0 aliphatic heterocycles. The fourth-order valence-corrected chi connectivity index (χ4v) is 2.13. The van der Waals surface area contributed by atoms with Crippen LogP contribution >= 0.6 is 0 Å². The molecule has 5 nitrogen and oxygen atoms in total. The molecule has 1 N–H and O–H groups in total. The zero-order valence-electron chi connectivity index (χ0n) is 11.6. The molecule has 0 saturated carbocycles. The van der Waals surface area contributed by atoms with Gasteiger partial charge < -0.3 is 14.6 Å². The average Bonchev–Trinajstić information content (AvgIpc) is 2.81. The van der Waals surface area contributed by atoms with Gasteiger partial charge in [-0.15, -0.1) is 0 Å². The van der Waals surface area contributed by atoms with E-state index in [1.54, 1.807) is 7.11 Å². The van der Waals surface area contributed by atoms with Crippen molar-refractivity contribution < 1.29 is 9.26 Å². The van der Waals surface area contributed by atoms with Crippen molar-refractivity contribution in [2.75, 3.05) is 12.4 Å². The zero-order valence-corrected chi connectivity index (χ0v) is 11.6. The number of aromatic nitrogens is 2. The van der Waals surface area contributed by atoms with Crippen LogP contribution in [-0.4, -0.2) is 17.3 Å². The molecule has 20 heavy (non-hydrogen) atoms. The first-order valence-corrected chi connectivity index (χ1v) is 6.32. The third-order valence-electron chi connectivity index (χ3n) is 3.11. The molecule has 0 amide bonds. The number of nitrogens with zero attached hydrogens (tertiary/aromatic N) is 2. The Morgan fingerprint density at radius 2 is 1.90 bits per heavy atom. The molecule has 0 aliphatic carbocycles. The molecular weight excluding hydrogens is 254 g/mol. The predicted molar refractivity (Wildman–Crippen MR) is 77.6 cm³/mol. The van der Waals surface area contributed by atoms with Gasteiger partial charge in [0.25, 0.3) is 0 Å². The Hall–Kier alpha value is -2.56. The molecule has 102 valence electrons. The number of hydrogen-bond acceptors (Lipinski definition) is 5. The Morgan fingerprint density at radius 3 is 2.60 bits per heavy atom. The summed E-state index contributed by atoms with van der Waals surface area (Å²) in [7, 11) is 1.65. The van der Waals surface area contributed by atoms with E-state index in [1.807, 2.05) is 44.2 Å². The SMILES string of the molecule is COc1ccc(Nc2nc(C)cc3onc(C)c23)cc1. The van der Waals surface area contributed by atoms with Crippen LogP contribution in [0.3, 0.4) is 0 Å². The van der Waals surface area contributed by atoms with Gasteiger partial charge in [0.2, 0.25) is 0 Å². The van der Waals surface area contributed by atoms with Gasteiger partial charge in [-0.2, -0.15) is 0 Å². The molecule has 0 bridgehead atoms. The molecule has 5 heteroatoms. The summed E-state index contributed by atoms with van der Waals surface area (Å²) in [5, 5.41) is 8.20. The highest BCUT2D eigenvalue weighted by Crippen LogP contribution is 2.28. The Bertz CT molecular complexity index is 748. The Kier molecular flexibility index (Phi) is 3.02. The van der Waals surface area contributed by atoms with Crippen molar-refractivity contribution in [1.82, 2.24) is 10.1 Å². The molecule has 0 unspecified atom stereocenters. The molecule has 2 heterocycles. The van der Waals surface area contributed by atoms with E-state index >= 15 is 0 Å². The van der Waals surface area contributed by atoms with Crippen molar-refractivity contribution in [1.29, 1.82) is 0 Å².